The van der Waals surface area contributed by atoms with Crippen LogP contribution in [-0.4, -0.2) is 31.1 Å². The molecule has 4 heteroatoms. The van der Waals surface area contributed by atoms with E-state index in [9.17, 15) is 0 Å². The van der Waals surface area contributed by atoms with Gasteiger partial charge in [0, 0.05) is 23.8 Å². The van der Waals surface area contributed by atoms with E-state index in [0.717, 1.165) is 6.54 Å². The number of nitrogens with one attached hydrogen (secondary N) is 1. The molecule has 2 nitrogen and oxygen atoms in total. The fourth-order valence-electron chi connectivity index (χ4n) is 2.83. The molecular formula is C15H21ClN2S. The van der Waals surface area contributed by atoms with Crippen LogP contribution in [0, 0.1) is 0 Å². The SMILES string of the molecule is CNC1CCCN(Cc2csc3ccccc23)C1.Cl. The molecule has 2 heterocycles. The van der Waals surface area contributed by atoms with Crippen molar-refractivity contribution in [2.75, 3.05) is 20.1 Å². The number of thiophene rings is 1. The van der Waals surface area contributed by atoms with Gasteiger partial charge >= 0.3 is 0 Å². The van der Waals surface area contributed by atoms with Crippen molar-refractivity contribution in [3.63, 3.8) is 0 Å². The second kappa shape index (κ2) is 6.71. The highest BCUT2D eigenvalue weighted by atomic mass is 35.5. The Labute approximate surface area is 125 Å². The van der Waals surface area contributed by atoms with Crippen LogP contribution in [0.2, 0.25) is 0 Å². The van der Waals surface area contributed by atoms with Crippen molar-refractivity contribution >= 4 is 33.8 Å². The van der Waals surface area contributed by atoms with Gasteiger partial charge in [0.2, 0.25) is 0 Å². The Balaban J connectivity index is 0.00000133. The predicted molar refractivity (Wildman–Crippen MR) is 86.4 cm³/mol. The number of hydrogen-bond donors (Lipinski definition) is 1. The first-order chi connectivity index (χ1) is 8.86. The smallest absolute Gasteiger partial charge is 0.0346 e. The third kappa shape index (κ3) is 3.29. The molecule has 1 aliphatic heterocycles. The third-order valence-corrected chi connectivity index (χ3v) is 4.88. The molecule has 1 atom stereocenters. The molecule has 0 spiro atoms. The number of likely N-dealkylation sites (tertiary alicyclic amines) is 1. The lowest BCUT2D eigenvalue weighted by atomic mass is 10.0. The van der Waals surface area contributed by atoms with E-state index in [1.165, 1.54) is 41.6 Å². The zero-order valence-corrected chi connectivity index (χ0v) is 12.9. The van der Waals surface area contributed by atoms with Crippen molar-refractivity contribution in [1.82, 2.24) is 10.2 Å². The number of benzene rings is 1. The third-order valence-electron chi connectivity index (χ3n) is 3.87. The van der Waals surface area contributed by atoms with Gasteiger partial charge in [-0.2, -0.15) is 0 Å². The van der Waals surface area contributed by atoms with Gasteiger partial charge in [-0.3, -0.25) is 4.90 Å². The van der Waals surface area contributed by atoms with Crippen molar-refractivity contribution in [3.05, 3.63) is 35.2 Å². The largest absolute Gasteiger partial charge is 0.316 e. The molecule has 2 aromatic rings. The minimum absolute atomic E-state index is 0. The van der Waals surface area contributed by atoms with Crippen LogP contribution in [0.15, 0.2) is 29.6 Å². The van der Waals surface area contributed by atoms with Crippen LogP contribution < -0.4 is 5.32 Å². The Morgan fingerprint density at radius 3 is 3.05 bits per heavy atom. The maximum atomic E-state index is 3.41. The normalized spacial score (nSPS) is 20.4. The molecule has 3 rings (SSSR count). The zero-order valence-electron chi connectivity index (χ0n) is 11.3. The second-order valence-corrected chi connectivity index (χ2v) is 6.03. The highest BCUT2D eigenvalue weighted by molar-refractivity contribution is 7.17. The summed E-state index contributed by atoms with van der Waals surface area (Å²) in [6.45, 7) is 3.52. The molecule has 1 saturated heterocycles. The van der Waals surface area contributed by atoms with E-state index in [1.807, 2.05) is 11.3 Å². The molecule has 1 aliphatic rings. The second-order valence-electron chi connectivity index (χ2n) is 5.12. The van der Waals surface area contributed by atoms with Gasteiger partial charge in [-0.25, -0.2) is 0 Å². The van der Waals surface area contributed by atoms with E-state index in [-0.39, 0.29) is 12.4 Å². The first-order valence-electron chi connectivity index (χ1n) is 6.71. The van der Waals surface area contributed by atoms with Gasteiger partial charge in [-0.1, -0.05) is 18.2 Å². The van der Waals surface area contributed by atoms with Crippen molar-refractivity contribution in [3.8, 4) is 0 Å². The van der Waals surface area contributed by atoms with Gasteiger partial charge in [0.1, 0.15) is 0 Å². The summed E-state index contributed by atoms with van der Waals surface area (Å²) in [5.41, 5.74) is 1.49. The highest BCUT2D eigenvalue weighted by Crippen LogP contribution is 2.27. The lowest BCUT2D eigenvalue weighted by Gasteiger charge is -2.32. The van der Waals surface area contributed by atoms with Crippen molar-refractivity contribution < 1.29 is 0 Å². The number of halogens is 1. The molecule has 0 amide bonds. The summed E-state index contributed by atoms with van der Waals surface area (Å²) in [5.74, 6) is 0. The Hall–Kier alpha value is -0.610. The molecule has 0 aliphatic carbocycles. The maximum Gasteiger partial charge on any atom is 0.0346 e. The molecular weight excluding hydrogens is 276 g/mol. The summed E-state index contributed by atoms with van der Waals surface area (Å²) in [6, 6.07) is 9.41. The van der Waals surface area contributed by atoms with Gasteiger partial charge in [0.05, 0.1) is 0 Å². The molecule has 1 aromatic carbocycles. The van der Waals surface area contributed by atoms with Crippen LogP contribution in [0.3, 0.4) is 0 Å². The summed E-state index contributed by atoms with van der Waals surface area (Å²) < 4.78 is 1.41. The Kier molecular flexibility index (Phi) is 5.22. The summed E-state index contributed by atoms with van der Waals surface area (Å²) >= 11 is 1.87. The Morgan fingerprint density at radius 2 is 2.21 bits per heavy atom. The Morgan fingerprint density at radius 1 is 1.37 bits per heavy atom. The van der Waals surface area contributed by atoms with E-state index in [0.29, 0.717) is 6.04 Å². The Bertz CT molecular complexity index is 526. The molecule has 19 heavy (non-hydrogen) atoms. The quantitative estimate of drug-likeness (QED) is 0.932. The van der Waals surface area contributed by atoms with E-state index in [4.69, 9.17) is 0 Å². The molecule has 104 valence electrons. The van der Waals surface area contributed by atoms with Gasteiger partial charge in [-0.05, 0) is 48.8 Å². The number of likely N-dealkylation sites (N-methyl/N-ethyl adjacent to an activating group) is 1. The van der Waals surface area contributed by atoms with Crippen LogP contribution in [0.5, 0.6) is 0 Å². The minimum Gasteiger partial charge on any atom is -0.316 e. The number of nitrogens with zero attached hydrogens (tertiary/aromatic N) is 1. The van der Waals surface area contributed by atoms with Crippen molar-refractivity contribution in [2.24, 2.45) is 0 Å². The number of hydrogen-bond acceptors (Lipinski definition) is 3. The maximum absolute atomic E-state index is 3.41. The first-order valence-corrected chi connectivity index (χ1v) is 7.59. The van der Waals surface area contributed by atoms with Crippen LogP contribution >= 0.6 is 23.7 Å². The number of piperidine rings is 1. The summed E-state index contributed by atoms with van der Waals surface area (Å²) in [7, 11) is 2.08. The van der Waals surface area contributed by atoms with Crippen LogP contribution in [-0.2, 0) is 6.54 Å². The highest BCUT2D eigenvalue weighted by Gasteiger charge is 2.19. The zero-order chi connectivity index (χ0) is 12.4. The molecule has 0 bridgehead atoms. The first kappa shape index (κ1) is 14.8. The lowest BCUT2D eigenvalue weighted by Crippen LogP contribution is -2.43. The van der Waals surface area contributed by atoms with Gasteiger partial charge in [-0.15, -0.1) is 23.7 Å². The van der Waals surface area contributed by atoms with E-state index < -0.39 is 0 Å². The monoisotopic (exact) mass is 296 g/mol. The fourth-order valence-corrected chi connectivity index (χ4v) is 3.78. The molecule has 1 N–H and O–H groups in total. The molecule has 1 unspecified atom stereocenters. The average Bonchev–Trinajstić information content (AvgIpc) is 2.83. The molecule has 0 radical (unpaired) electrons. The van der Waals surface area contributed by atoms with E-state index in [1.54, 1.807) is 0 Å². The van der Waals surface area contributed by atoms with Gasteiger partial charge in [0.25, 0.3) is 0 Å². The van der Waals surface area contributed by atoms with Gasteiger partial charge in [0.15, 0.2) is 0 Å². The molecule has 1 aromatic heterocycles. The number of rotatable bonds is 3. The number of fused-ring (bicyclic) bond motifs is 1. The van der Waals surface area contributed by atoms with Crippen molar-refractivity contribution in [1.29, 1.82) is 0 Å². The topological polar surface area (TPSA) is 15.3 Å². The van der Waals surface area contributed by atoms with Gasteiger partial charge < -0.3 is 5.32 Å². The lowest BCUT2D eigenvalue weighted by molar-refractivity contribution is 0.189. The minimum atomic E-state index is 0. The van der Waals surface area contributed by atoms with Crippen LogP contribution in [0.25, 0.3) is 10.1 Å². The standard InChI is InChI=1S/C15H20N2S.ClH/c1-16-13-5-4-8-17(10-13)9-12-11-18-15-7-3-2-6-14(12)15;/h2-3,6-7,11,13,16H,4-5,8-10H2,1H3;1H. The van der Waals surface area contributed by atoms with E-state index in [2.05, 4.69) is 46.9 Å². The molecule has 1 fully saturated rings. The predicted octanol–water partition coefficient (Wildman–Crippen LogP) is 3.51. The fraction of sp³-hybridized carbons (Fsp3) is 0.467. The van der Waals surface area contributed by atoms with Crippen molar-refractivity contribution in [2.45, 2.75) is 25.4 Å². The summed E-state index contributed by atoms with van der Waals surface area (Å²) in [6.07, 6.45) is 2.63. The van der Waals surface area contributed by atoms with Crippen LogP contribution in [0.4, 0.5) is 0 Å². The summed E-state index contributed by atoms with van der Waals surface area (Å²) in [4.78, 5) is 2.58. The van der Waals surface area contributed by atoms with E-state index >= 15 is 0 Å². The summed E-state index contributed by atoms with van der Waals surface area (Å²) in [5, 5.41) is 7.18. The molecule has 0 saturated carbocycles. The average molecular weight is 297 g/mol. The van der Waals surface area contributed by atoms with Crippen LogP contribution in [0.1, 0.15) is 18.4 Å².